The summed E-state index contributed by atoms with van der Waals surface area (Å²) >= 11 is 0. The lowest BCUT2D eigenvalue weighted by Gasteiger charge is -2.56. The fourth-order valence-corrected chi connectivity index (χ4v) is 7.69. The monoisotopic (exact) mass is 410 g/mol. The number of fused-ring (bicyclic) bond motifs is 1. The zero-order valence-electron chi connectivity index (χ0n) is 17.9. The SMILES string of the molecule is O=C(CN1CCC[C@H]1c1ccc2c(c1)OCCO2)NCC12CC3CC(CC(C3)C1)C2. The molecule has 1 aromatic rings. The summed E-state index contributed by atoms with van der Waals surface area (Å²) in [5.74, 6) is 4.69. The zero-order valence-corrected chi connectivity index (χ0v) is 17.9. The number of carbonyl (C=O) groups is 1. The number of rotatable bonds is 5. The zero-order chi connectivity index (χ0) is 20.1. The first kappa shape index (κ1) is 19.0. The number of hydrogen-bond donors (Lipinski definition) is 1. The van der Waals surface area contributed by atoms with Gasteiger partial charge in [-0.2, -0.15) is 0 Å². The van der Waals surface area contributed by atoms with Gasteiger partial charge in [0, 0.05) is 12.6 Å². The molecule has 1 aromatic carbocycles. The molecule has 4 saturated carbocycles. The standard InChI is InChI=1S/C25H34N2O3/c28-24(26-16-25-12-17-8-18(13-25)10-19(9-17)14-25)15-27-5-1-2-21(27)20-3-4-22-23(11-20)30-7-6-29-22/h3-4,11,17-19,21H,1-2,5-10,12-16H2,(H,26,28)/t17?,18?,19?,21-,25?/m0/s1. The second-order valence-electron chi connectivity index (χ2n) is 10.7. The van der Waals surface area contributed by atoms with E-state index in [-0.39, 0.29) is 5.91 Å². The van der Waals surface area contributed by atoms with Gasteiger partial charge < -0.3 is 14.8 Å². The number of likely N-dealkylation sites (tertiary alicyclic amines) is 1. The topological polar surface area (TPSA) is 50.8 Å². The predicted molar refractivity (Wildman–Crippen MR) is 115 cm³/mol. The first-order chi connectivity index (χ1) is 14.7. The molecule has 0 aromatic heterocycles. The van der Waals surface area contributed by atoms with E-state index in [2.05, 4.69) is 22.3 Å². The Kier molecular flexibility index (Phi) is 4.70. The van der Waals surface area contributed by atoms with Gasteiger partial charge in [-0.3, -0.25) is 9.69 Å². The van der Waals surface area contributed by atoms with Crippen LogP contribution in [0.4, 0.5) is 0 Å². The Morgan fingerprint density at radius 1 is 1.03 bits per heavy atom. The molecule has 1 atom stereocenters. The number of benzene rings is 1. The number of hydrogen-bond acceptors (Lipinski definition) is 4. The summed E-state index contributed by atoms with van der Waals surface area (Å²) in [5.41, 5.74) is 1.65. The third kappa shape index (κ3) is 3.49. The van der Waals surface area contributed by atoms with Crippen LogP contribution in [0.5, 0.6) is 11.5 Å². The fraction of sp³-hybridized carbons (Fsp3) is 0.720. The van der Waals surface area contributed by atoms with Crippen LogP contribution in [-0.4, -0.2) is 43.7 Å². The first-order valence-electron chi connectivity index (χ1n) is 12.1. The van der Waals surface area contributed by atoms with Crippen LogP contribution in [0.15, 0.2) is 18.2 Å². The molecule has 4 bridgehead atoms. The third-order valence-corrected chi connectivity index (χ3v) is 8.49. The number of nitrogens with zero attached hydrogens (tertiary/aromatic N) is 1. The highest BCUT2D eigenvalue weighted by Gasteiger charge is 2.50. The molecule has 1 amide bonds. The van der Waals surface area contributed by atoms with Gasteiger partial charge in [0.25, 0.3) is 0 Å². The smallest absolute Gasteiger partial charge is 0.234 e. The highest BCUT2D eigenvalue weighted by atomic mass is 16.6. The van der Waals surface area contributed by atoms with Crippen LogP contribution in [-0.2, 0) is 4.79 Å². The number of amides is 1. The van der Waals surface area contributed by atoms with E-state index in [0.29, 0.717) is 31.2 Å². The van der Waals surface area contributed by atoms with E-state index in [1.807, 2.05) is 6.07 Å². The summed E-state index contributed by atoms with van der Waals surface area (Å²) < 4.78 is 11.4. The van der Waals surface area contributed by atoms with Gasteiger partial charge in [-0.25, -0.2) is 0 Å². The van der Waals surface area contributed by atoms with Gasteiger partial charge in [0.1, 0.15) is 13.2 Å². The molecule has 30 heavy (non-hydrogen) atoms. The van der Waals surface area contributed by atoms with Gasteiger partial charge in [-0.1, -0.05) is 6.07 Å². The van der Waals surface area contributed by atoms with Crippen LogP contribution < -0.4 is 14.8 Å². The van der Waals surface area contributed by atoms with Crippen molar-refractivity contribution in [2.45, 2.75) is 57.4 Å². The van der Waals surface area contributed by atoms with Gasteiger partial charge in [-0.15, -0.1) is 0 Å². The van der Waals surface area contributed by atoms with E-state index in [9.17, 15) is 4.79 Å². The maximum absolute atomic E-state index is 12.9. The van der Waals surface area contributed by atoms with Crippen LogP contribution in [0.25, 0.3) is 0 Å². The van der Waals surface area contributed by atoms with Crippen LogP contribution in [0.1, 0.15) is 63.0 Å². The summed E-state index contributed by atoms with van der Waals surface area (Å²) in [5, 5.41) is 3.36. The normalized spacial score (nSPS) is 36.8. The Bertz CT molecular complexity index is 787. The maximum atomic E-state index is 12.9. The molecular weight excluding hydrogens is 376 g/mol. The molecule has 7 rings (SSSR count). The first-order valence-corrected chi connectivity index (χ1v) is 12.1. The molecular formula is C25H34N2O3. The molecule has 0 radical (unpaired) electrons. The van der Waals surface area contributed by atoms with Crippen molar-refractivity contribution < 1.29 is 14.3 Å². The van der Waals surface area contributed by atoms with Gasteiger partial charge in [0.2, 0.25) is 5.91 Å². The van der Waals surface area contributed by atoms with Crippen molar-refractivity contribution in [2.75, 3.05) is 32.8 Å². The predicted octanol–water partition coefficient (Wildman–Crippen LogP) is 3.93. The van der Waals surface area contributed by atoms with Crippen LogP contribution in [0, 0.1) is 23.2 Å². The Balaban J connectivity index is 1.08. The summed E-state index contributed by atoms with van der Waals surface area (Å²) in [6.07, 6.45) is 10.7. The Morgan fingerprint density at radius 2 is 1.73 bits per heavy atom. The average molecular weight is 411 g/mol. The van der Waals surface area contributed by atoms with E-state index >= 15 is 0 Å². The molecule has 4 aliphatic carbocycles. The second-order valence-corrected chi connectivity index (χ2v) is 10.7. The molecule has 0 spiro atoms. The molecule has 5 fully saturated rings. The fourth-order valence-electron chi connectivity index (χ4n) is 7.69. The van der Waals surface area contributed by atoms with Crippen molar-refractivity contribution in [1.82, 2.24) is 10.2 Å². The van der Waals surface area contributed by atoms with E-state index < -0.39 is 0 Å². The third-order valence-electron chi connectivity index (χ3n) is 8.49. The molecule has 1 saturated heterocycles. The van der Waals surface area contributed by atoms with Crippen molar-refractivity contribution in [3.8, 4) is 11.5 Å². The van der Waals surface area contributed by atoms with Gasteiger partial charge in [-0.05, 0) is 98.8 Å². The minimum atomic E-state index is 0.204. The lowest BCUT2D eigenvalue weighted by atomic mass is 9.49. The largest absolute Gasteiger partial charge is 0.486 e. The van der Waals surface area contributed by atoms with Crippen molar-refractivity contribution in [3.63, 3.8) is 0 Å². The molecule has 2 aliphatic heterocycles. The van der Waals surface area contributed by atoms with Crippen LogP contribution >= 0.6 is 0 Å². The van der Waals surface area contributed by atoms with Crippen molar-refractivity contribution in [1.29, 1.82) is 0 Å². The van der Waals surface area contributed by atoms with Gasteiger partial charge >= 0.3 is 0 Å². The summed E-state index contributed by atoms with van der Waals surface area (Å²) in [6, 6.07) is 6.58. The molecule has 0 unspecified atom stereocenters. The second kappa shape index (κ2) is 7.44. The quantitative estimate of drug-likeness (QED) is 0.799. The highest BCUT2D eigenvalue weighted by Crippen LogP contribution is 2.59. The van der Waals surface area contributed by atoms with Gasteiger partial charge in [0.15, 0.2) is 11.5 Å². The highest BCUT2D eigenvalue weighted by molar-refractivity contribution is 5.78. The summed E-state index contributed by atoms with van der Waals surface area (Å²) in [7, 11) is 0. The van der Waals surface area contributed by atoms with Crippen molar-refractivity contribution in [2.24, 2.45) is 23.2 Å². The lowest BCUT2D eigenvalue weighted by Crippen LogP contribution is -2.52. The Morgan fingerprint density at radius 3 is 2.47 bits per heavy atom. The molecule has 1 N–H and O–H groups in total. The summed E-state index contributed by atoms with van der Waals surface area (Å²) in [4.78, 5) is 15.3. The maximum Gasteiger partial charge on any atom is 0.234 e. The van der Waals surface area contributed by atoms with Crippen molar-refractivity contribution in [3.05, 3.63) is 23.8 Å². The molecule has 6 aliphatic rings. The van der Waals surface area contributed by atoms with Gasteiger partial charge in [0.05, 0.1) is 6.54 Å². The lowest BCUT2D eigenvalue weighted by molar-refractivity contribution is -0.124. The Hall–Kier alpha value is -1.75. The molecule has 2 heterocycles. The molecule has 5 heteroatoms. The Labute approximate surface area is 179 Å². The van der Waals surface area contributed by atoms with E-state index in [1.54, 1.807) is 0 Å². The van der Waals surface area contributed by atoms with Crippen molar-refractivity contribution >= 4 is 5.91 Å². The summed E-state index contributed by atoms with van der Waals surface area (Å²) in [6.45, 7) is 3.62. The molecule has 162 valence electrons. The van der Waals surface area contributed by atoms with E-state index in [4.69, 9.17) is 9.47 Å². The van der Waals surface area contributed by atoms with E-state index in [1.165, 1.54) is 44.1 Å². The average Bonchev–Trinajstić information content (AvgIpc) is 3.19. The van der Waals surface area contributed by atoms with Crippen LogP contribution in [0.2, 0.25) is 0 Å². The molecule has 5 nitrogen and oxygen atoms in total. The number of ether oxygens (including phenoxy) is 2. The number of carbonyl (C=O) groups excluding carboxylic acids is 1. The van der Waals surface area contributed by atoms with E-state index in [0.717, 1.165) is 55.2 Å². The number of nitrogens with one attached hydrogen (secondary N) is 1. The minimum Gasteiger partial charge on any atom is -0.486 e. The minimum absolute atomic E-state index is 0.204. The van der Waals surface area contributed by atoms with Crippen LogP contribution in [0.3, 0.4) is 0 Å².